The van der Waals surface area contributed by atoms with Crippen LogP contribution in [-0.2, 0) is 9.53 Å². The van der Waals surface area contributed by atoms with Gasteiger partial charge in [0, 0.05) is 30.7 Å². The Hall–Kier alpha value is -1.36. The zero-order valence-electron chi connectivity index (χ0n) is 15.1. The Labute approximate surface area is 169 Å². The number of ether oxygens (including phenoxy) is 1. The molecule has 1 aromatic carbocycles. The number of halogens is 3. The number of hydrogen-bond donors (Lipinski definition) is 0. The Morgan fingerprint density at radius 1 is 1.23 bits per heavy atom. The fourth-order valence-corrected chi connectivity index (χ4v) is 3.97. The lowest BCUT2D eigenvalue weighted by Gasteiger charge is -2.38. The van der Waals surface area contributed by atoms with Gasteiger partial charge in [-0.15, -0.1) is 0 Å². The normalized spacial score (nSPS) is 16.9. The monoisotopic (exact) mass is 416 g/mol. The molecule has 7 heteroatoms. The lowest BCUT2D eigenvalue weighted by atomic mass is 10.0. The number of esters is 1. The third-order valence-corrected chi connectivity index (χ3v) is 4.74. The van der Waals surface area contributed by atoms with Gasteiger partial charge >= 0.3 is 5.97 Å². The van der Waals surface area contributed by atoms with Crippen molar-refractivity contribution in [3.63, 3.8) is 0 Å². The number of carbonyl (C=O) groups excluding carboxylic acids is 1. The summed E-state index contributed by atoms with van der Waals surface area (Å²) < 4.78 is 3.49. The van der Waals surface area contributed by atoms with Crippen LogP contribution in [0.3, 0.4) is 0 Å². The van der Waals surface area contributed by atoms with Crippen molar-refractivity contribution in [1.29, 1.82) is 0 Å². The van der Waals surface area contributed by atoms with Crippen LogP contribution >= 0.6 is 34.8 Å². The van der Waals surface area contributed by atoms with Crippen molar-refractivity contribution < 1.29 is 9.53 Å². The summed E-state index contributed by atoms with van der Waals surface area (Å²) in [7, 11) is 0. The first-order chi connectivity index (χ1) is 12.1. The van der Waals surface area contributed by atoms with Crippen LogP contribution in [-0.4, -0.2) is 34.0 Å². The van der Waals surface area contributed by atoms with Gasteiger partial charge in [0.05, 0.1) is 6.61 Å². The van der Waals surface area contributed by atoms with E-state index in [0.29, 0.717) is 13.0 Å². The van der Waals surface area contributed by atoms with Gasteiger partial charge in [0.15, 0.2) is 6.17 Å². The molecule has 1 heterocycles. The summed E-state index contributed by atoms with van der Waals surface area (Å²) in [6.07, 6.45) is 5.10. The largest absolute Gasteiger partial charge is 0.462 e. The molecule has 1 atom stereocenters. The second-order valence-corrected chi connectivity index (χ2v) is 8.70. The van der Waals surface area contributed by atoms with Gasteiger partial charge in [0.25, 0.3) is 0 Å². The number of rotatable bonds is 6. The lowest BCUT2D eigenvalue weighted by Crippen LogP contribution is -2.48. The summed E-state index contributed by atoms with van der Waals surface area (Å²) in [5.74, 6) is -0.438. The van der Waals surface area contributed by atoms with E-state index < -0.39 is 15.9 Å². The van der Waals surface area contributed by atoms with Gasteiger partial charge in [-0.3, -0.25) is 0 Å². The first-order valence-corrected chi connectivity index (χ1v) is 9.44. The van der Waals surface area contributed by atoms with Crippen molar-refractivity contribution in [2.75, 3.05) is 18.1 Å². The Kier molecular flexibility index (Phi) is 6.89. The quantitative estimate of drug-likeness (QED) is 0.281. The fraction of sp³-hybridized carbons (Fsp3) is 0.421. The zero-order valence-corrected chi connectivity index (χ0v) is 17.4. The van der Waals surface area contributed by atoms with Crippen molar-refractivity contribution >= 4 is 46.5 Å². The Morgan fingerprint density at radius 2 is 1.85 bits per heavy atom. The lowest BCUT2D eigenvalue weighted by molar-refractivity contribution is -0.137. The number of aryl methyl sites for hydroxylation is 3. The standard InChI is InChI=1S/C19H23Cl3N2O2/c1-5-16(25)26-10-6-7-23-8-9-24(18(23)19(20,21)22)17-14(3)11-13(2)12-15(17)4/h5,8-9,11-12,18H,1,6-7,10H2,2-4H3. The molecule has 0 bridgehead atoms. The Bertz CT molecular complexity index is 690. The van der Waals surface area contributed by atoms with Crippen LogP contribution in [0, 0.1) is 20.8 Å². The van der Waals surface area contributed by atoms with Crippen LogP contribution < -0.4 is 4.90 Å². The van der Waals surface area contributed by atoms with Gasteiger partial charge in [0.2, 0.25) is 3.79 Å². The first kappa shape index (κ1) is 20.9. The van der Waals surface area contributed by atoms with Gasteiger partial charge in [-0.05, 0) is 38.3 Å². The van der Waals surface area contributed by atoms with E-state index >= 15 is 0 Å². The number of carbonyl (C=O) groups is 1. The van der Waals surface area contributed by atoms with Gasteiger partial charge < -0.3 is 14.5 Å². The topological polar surface area (TPSA) is 32.8 Å². The molecule has 0 radical (unpaired) electrons. The van der Waals surface area contributed by atoms with Gasteiger partial charge in [-0.1, -0.05) is 59.1 Å². The smallest absolute Gasteiger partial charge is 0.330 e. The summed E-state index contributed by atoms with van der Waals surface area (Å²) in [5, 5.41) is 0. The maximum atomic E-state index is 11.1. The number of nitrogens with zero attached hydrogens (tertiary/aromatic N) is 2. The van der Waals surface area contributed by atoms with Crippen LogP contribution in [0.2, 0.25) is 0 Å². The molecule has 1 unspecified atom stereocenters. The summed E-state index contributed by atoms with van der Waals surface area (Å²) in [6, 6.07) is 4.23. The predicted molar refractivity (Wildman–Crippen MR) is 109 cm³/mol. The van der Waals surface area contributed by atoms with E-state index in [-0.39, 0.29) is 6.61 Å². The van der Waals surface area contributed by atoms with Gasteiger partial charge in [-0.25, -0.2) is 4.79 Å². The highest BCUT2D eigenvalue weighted by Crippen LogP contribution is 2.42. The molecule has 1 aliphatic rings. The number of anilines is 1. The van der Waals surface area contributed by atoms with E-state index in [1.165, 1.54) is 5.56 Å². The molecule has 26 heavy (non-hydrogen) atoms. The average molecular weight is 418 g/mol. The molecule has 0 spiro atoms. The van der Waals surface area contributed by atoms with E-state index in [1.807, 2.05) is 22.2 Å². The number of hydrogen-bond acceptors (Lipinski definition) is 4. The molecule has 0 saturated carbocycles. The fourth-order valence-electron chi connectivity index (χ4n) is 3.28. The molecule has 1 aliphatic heterocycles. The van der Waals surface area contributed by atoms with Crippen molar-refractivity contribution in [2.24, 2.45) is 0 Å². The third kappa shape index (κ3) is 4.87. The molecule has 0 aliphatic carbocycles. The second kappa shape index (κ2) is 8.55. The van der Waals surface area contributed by atoms with Gasteiger partial charge in [0.1, 0.15) is 0 Å². The van der Waals surface area contributed by atoms with E-state index in [0.717, 1.165) is 22.9 Å². The number of benzene rings is 1. The molecule has 4 nitrogen and oxygen atoms in total. The van der Waals surface area contributed by atoms with Crippen LogP contribution in [0.15, 0.2) is 37.2 Å². The molecular formula is C19H23Cl3N2O2. The van der Waals surface area contributed by atoms with Crippen LogP contribution in [0.1, 0.15) is 23.1 Å². The van der Waals surface area contributed by atoms with Crippen molar-refractivity contribution in [2.45, 2.75) is 37.2 Å². The Morgan fingerprint density at radius 3 is 2.38 bits per heavy atom. The SMILES string of the molecule is C=CC(=O)OCCCN1C=CN(c2c(C)cc(C)cc2C)C1C(Cl)(Cl)Cl. The predicted octanol–water partition coefficient (Wildman–Crippen LogP) is 5.02. The Balaban J connectivity index is 2.18. The van der Waals surface area contributed by atoms with Crippen LogP contribution in [0.5, 0.6) is 0 Å². The van der Waals surface area contributed by atoms with Crippen LogP contribution in [0.25, 0.3) is 0 Å². The minimum absolute atomic E-state index is 0.282. The van der Waals surface area contributed by atoms with Gasteiger partial charge in [-0.2, -0.15) is 0 Å². The summed E-state index contributed by atoms with van der Waals surface area (Å²) in [5.41, 5.74) is 4.46. The minimum Gasteiger partial charge on any atom is -0.462 e. The van der Waals surface area contributed by atoms with E-state index in [4.69, 9.17) is 39.5 Å². The second-order valence-electron chi connectivity index (χ2n) is 6.33. The molecule has 0 N–H and O–H groups in total. The summed E-state index contributed by atoms with van der Waals surface area (Å²) >= 11 is 18.9. The van der Waals surface area contributed by atoms with Crippen molar-refractivity contribution in [3.8, 4) is 0 Å². The minimum atomic E-state index is -1.52. The molecule has 0 saturated heterocycles. The van der Waals surface area contributed by atoms with E-state index in [2.05, 4.69) is 39.5 Å². The highest BCUT2D eigenvalue weighted by atomic mass is 35.6. The van der Waals surface area contributed by atoms with Crippen molar-refractivity contribution in [1.82, 2.24) is 4.90 Å². The maximum Gasteiger partial charge on any atom is 0.330 e. The summed E-state index contributed by atoms with van der Waals surface area (Å²) in [6.45, 7) is 10.4. The molecule has 1 aromatic rings. The maximum absolute atomic E-state index is 11.1. The van der Waals surface area contributed by atoms with E-state index in [1.54, 1.807) is 0 Å². The zero-order chi connectivity index (χ0) is 19.5. The highest BCUT2D eigenvalue weighted by Gasteiger charge is 2.43. The average Bonchev–Trinajstić information content (AvgIpc) is 2.94. The summed E-state index contributed by atoms with van der Waals surface area (Å²) in [4.78, 5) is 15.1. The molecule has 2 rings (SSSR count). The van der Waals surface area contributed by atoms with E-state index in [9.17, 15) is 4.79 Å². The molecular weight excluding hydrogens is 395 g/mol. The molecule has 142 valence electrons. The molecule has 0 aromatic heterocycles. The van der Waals surface area contributed by atoms with Crippen LogP contribution in [0.4, 0.5) is 5.69 Å². The number of alkyl halides is 3. The van der Waals surface area contributed by atoms with Crippen molar-refractivity contribution in [3.05, 3.63) is 53.9 Å². The highest BCUT2D eigenvalue weighted by molar-refractivity contribution is 6.68. The molecule has 0 amide bonds. The first-order valence-electron chi connectivity index (χ1n) is 8.31. The molecule has 0 fully saturated rings. The third-order valence-electron chi connectivity index (χ3n) is 4.15.